The summed E-state index contributed by atoms with van der Waals surface area (Å²) in [6.45, 7) is 11.5. The third kappa shape index (κ3) is 55.7. The van der Waals surface area contributed by atoms with Crippen molar-refractivity contribution in [3.05, 3.63) is 0 Å². The summed E-state index contributed by atoms with van der Waals surface area (Å²) in [6, 6.07) is 0. The Morgan fingerprint density at radius 3 is 0.814 bits per heavy atom. The number of carbonyl (C=O) groups is 3. The summed E-state index contributed by atoms with van der Waals surface area (Å²) in [4.78, 5) is 38.2. The summed E-state index contributed by atoms with van der Waals surface area (Å²) in [5, 5.41) is 0. The number of rotatable bonds is 58. The maximum atomic E-state index is 12.9. The van der Waals surface area contributed by atoms with Crippen LogP contribution in [0.2, 0.25) is 0 Å². The zero-order valence-corrected chi connectivity index (χ0v) is 48.2. The van der Waals surface area contributed by atoms with E-state index in [1.165, 1.54) is 250 Å². The van der Waals surface area contributed by atoms with Crippen LogP contribution in [0, 0.1) is 11.8 Å². The van der Waals surface area contributed by atoms with Crippen LogP contribution in [0.25, 0.3) is 0 Å². The van der Waals surface area contributed by atoms with Crippen LogP contribution in [0.15, 0.2) is 0 Å². The Morgan fingerprint density at radius 1 is 0.300 bits per heavy atom. The van der Waals surface area contributed by atoms with E-state index >= 15 is 0 Å². The molecule has 0 bridgehead atoms. The van der Waals surface area contributed by atoms with Gasteiger partial charge in [0.25, 0.3) is 0 Å². The number of unbranched alkanes of at least 4 members (excludes halogenated alkanes) is 42. The molecule has 0 rings (SSSR count). The predicted octanol–water partition coefficient (Wildman–Crippen LogP) is 21.2. The molecule has 0 N–H and O–H groups in total. The van der Waals surface area contributed by atoms with Crippen molar-refractivity contribution in [3.8, 4) is 0 Å². The first-order valence-electron chi connectivity index (χ1n) is 31.8. The lowest BCUT2D eigenvalue weighted by atomic mass is 9.99. The minimum atomic E-state index is -0.763. The highest BCUT2D eigenvalue weighted by molar-refractivity contribution is 5.71. The number of carbonyl (C=O) groups excluding carboxylic acids is 3. The smallest absolute Gasteiger partial charge is 0.306 e. The standard InChI is InChI=1S/C64H124O6/c1-6-8-9-10-11-12-13-29-34-39-44-49-54-62(65)68-57-61(70-64(67)56-51-46-41-36-31-26-22-18-19-23-27-32-37-42-47-52-59(3)4)58-69-63(66)55-50-45-40-35-30-25-21-17-15-14-16-20-24-28-33-38-43-48-53-60(5)7-2/h59-61H,6-58H2,1-5H3/t60?,61-/m1/s1. The predicted molar refractivity (Wildman–Crippen MR) is 303 cm³/mol. The van der Waals surface area contributed by atoms with E-state index < -0.39 is 6.10 Å². The lowest BCUT2D eigenvalue weighted by Gasteiger charge is -2.18. The van der Waals surface area contributed by atoms with E-state index in [0.29, 0.717) is 19.3 Å². The van der Waals surface area contributed by atoms with E-state index in [-0.39, 0.29) is 31.1 Å². The first-order chi connectivity index (χ1) is 34.3. The Hall–Kier alpha value is -1.59. The number of hydrogen-bond donors (Lipinski definition) is 0. The lowest BCUT2D eigenvalue weighted by molar-refractivity contribution is -0.167. The van der Waals surface area contributed by atoms with Crippen LogP contribution < -0.4 is 0 Å². The molecular weight excluding hydrogens is 865 g/mol. The number of ether oxygens (including phenoxy) is 3. The van der Waals surface area contributed by atoms with E-state index in [0.717, 1.165) is 69.6 Å². The fourth-order valence-electron chi connectivity index (χ4n) is 9.90. The van der Waals surface area contributed by atoms with Gasteiger partial charge >= 0.3 is 17.9 Å². The Balaban J connectivity index is 4.23. The molecule has 0 aliphatic carbocycles. The third-order valence-corrected chi connectivity index (χ3v) is 15.1. The summed E-state index contributed by atoms with van der Waals surface area (Å²) >= 11 is 0. The van der Waals surface area contributed by atoms with Crippen LogP contribution in [0.3, 0.4) is 0 Å². The molecule has 0 saturated carbocycles. The molecule has 0 fully saturated rings. The molecule has 6 heteroatoms. The summed E-state index contributed by atoms with van der Waals surface area (Å²) in [5.41, 5.74) is 0. The molecule has 70 heavy (non-hydrogen) atoms. The highest BCUT2D eigenvalue weighted by Crippen LogP contribution is 2.19. The molecule has 0 aliphatic rings. The van der Waals surface area contributed by atoms with Crippen LogP contribution in [0.5, 0.6) is 0 Å². The van der Waals surface area contributed by atoms with Crippen molar-refractivity contribution < 1.29 is 28.6 Å². The average molecular weight is 990 g/mol. The fraction of sp³-hybridized carbons (Fsp3) is 0.953. The van der Waals surface area contributed by atoms with Crippen molar-refractivity contribution in [2.24, 2.45) is 11.8 Å². The second-order valence-electron chi connectivity index (χ2n) is 22.8. The van der Waals surface area contributed by atoms with Crippen molar-refractivity contribution >= 4 is 17.9 Å². The molecule has 0 amide bonds. The van der Waals surface area contributed by atoms with Gasteiger partial charge in [-0.15, -0.1) is 0 Å². The van der Waals surface area contributed by atoms with Gasteiger partial charge < -0.3 is 14.2 Å². The lowest BCUT2D eigenvalue weighted by Crippen LogP contribution is -2.30. The van der Waals surface area contributed by atoms with Crippen LogP contribution in [0.4, 0.5) is 0 Å². The minimum absolute atomic E-state index is 0.0619. The highest BCUT2D eigenvalue weighted by Gasteiger charge is 2.19. The van der Waals surface area contributed by atoms with Crippen molar-refractivity contribution in [2.75, 3.05) is 13.2 Å². The van der Waals surface area contributed by atoms with Gasteiger partial charge in [0.15, 0.2) is 6.10 Å². The molecule has 0 aromatic rings. The molecule has 6 nitrogen and oxygen atoms in total. The third-order valence-electron chi connectivity index (χ3n) is 15.1. The monoisotopic (exact) mass is 989 g/mol. The molecule has 0 aliphatic heterocycles. The van der Waals surface area contributed by atoms with Crippen molar-refractivity contribution in [2.45, 2.75) is 368 Å². The number of esters is 3. The summed E-state index contributed by atoms with van der Waals surface area (Å²) in [6.07, 6.45) is 62.4. The summed E-state index contributed by atoms with van der Waals surface area (Å²) in [5.74, 6) is 0.925. The van der Waals surface area contributed by atoms with Crippen LogP contribution in [0.1, 0.15) is 362 Å². The number of hydrogen-bond acceptors (Lipinski definition) is 6. The average Bonchev–Trinajstić information content (AvgIpc) is 3.35. The van der Waals surface area contributed by atoms with E-state index in [9.17, 15) is 14.4 Å². The van der Waals surface area contributed by atoms with Crippen LogP contribution >= 0.6 is 0 Å². The molecule has 0 aromatic carbocycles. The van der Waals surface area contributed by atoms with E-state index in [4.69, 9.17) is 14.2 Å². The van der Waals surface area contributed by atoms with E-state index in [2.05, 4.69) is 34.6 Å². The van der Waals surface area contributed by atoms with Gasteiger partial charge in [-0.25, -0.2) is 0 Å². The van der Waals surface area contributed by atoms with E-state index in [1.54, 1.807) is 0 Å². The zero-order valence-electron chi connectivity index (χ0n) is 48.2. The molecule has 2 atom stereocenters. The topological polar surface area (TPSA) is 78.9 Å². The van der Waals surface area contributed by atoms with Gasteiger partial charge in [0.2, 0.25) is 0 Å². The Bertz CT molecular complexity index is 1070. The van der Waals surface area contributed by atoms with Gasteiger partial charge in [0.1, 0.15) is 13.2 Å². The maximum Gasteiger partial charge on any atom is 0.306 e. The van der Waals surface area contributed by atoms with Gasteiger partial charge in [0, 0.05) is 19.3 Å². The molecule has 0 radical (unpaired) electrons. The van der Waals surface area contributed by atoms with Gasteiger partial charge in [0.05, 0.1) is 0 Å². The largest absolute Gasteiger partial charge is 0.462 e. The molecular formula is C64H124O6. The van der Waals surface area contributed by atoms with Crippen molar-refractivity contribution in [1.29, 1.82) is 0 Å². The first kappa shape index (κ1) is 68.4. The Kier molecular flexibility index (Phi) is 55.4. The maximum absolute atomic E-state index is 12.9. The van der Waals surface area contributed by atoms with E-state index in [1.807, 2.05) is 0 Å². The van der Waals surface area contributed by atoms with Gasteiger partial charge in [-0.3, -0.25) is 14.4 Å². The normalized spacial score (nSPS) is 12.4. The van der Waals surface area contributed by atoms with Crippen LogP contribution in [-0.4, -0.2) is 37.2 Å². The Morgan fingerprint density at radius 2 is 0.543 bits per heavy atom. The molecule has 416 valence electrons. The Labute approximate surface area is 438 Å². The van der Waals surface area contributed by atoms with Gasteiger partial charge in [-0.1, -0.05) is 324 Å². The molecule has 0 heterocycles. The molecule has 0 aromatic heterocycles. The van der Waals surface area contributed by atoms with Crippen molar-refractivity contribution in [1.82, 2.24) is 0 Å². The highest BCUT2D eigenvalue weighted by atomic mass is 16.6. The fourth-order valence-corrected chi connectivity index (χ4v) is 9.90. The van der Waals surface area contributed by atoms with Crippen LogP contribution in [-0.2, 0) is 28.6 Å². The van der Waals surface area contributed by atoms with Crippen molar-refractivity contribution in [3.63, 3.8) is 0 Å². The summed E-state index contributed by atoms with van der Waals surface area (Å²) < 4.78 is 16.9. The van der Waals surface area contributed by atoms with Gasteiger partial charge in [-0.05, 0) is 31.1 Å². The SMILES string of the molecule is CCCCCCCCCCCCCCC(=O)OC[C@H](COC(=O)CCCCCCCCCCCCCCCCCCCCC(C)CC)OC(=O)CCCCCCCCCCCCCCCCCC(C)C. The molecule has 1 unspecified atom stereocenters. The molecule has 0 spiro atoms. The quantitative estimate of drug-likeness (QED) is 0.0343. The van der Waals surface area contributed by atoms with Gasteiger partial charge in [-0.2, -0.15) is 0 Å². The first-order valence-corrected chi connectivity index (χ1v) is 31.8. The second kappa shape index (κ2) is 56.7. The molecule has 0 saturated heterocycles. The second-order valence-corrected chi connectivity index (χ2v) is 22.8. The zero-order chi connectivity index (χ0) is 51.1. The summed E-state index contributed by atoms with van der Waals surface area (Å²) in [7, 11) is 0. The minimum Gasteiger partial charge on any atom is -0.462 e.